The lowest BCUT2D eigenvalue weighted by atomic mass is 9.63. The number of ether oxygens (including phenoxy) is 1. The Morgan fingerprint density at radius 2 is 1.84 bits per heavy atom. The van der Waals surface area contributed by atoms with Crippen molar-refractivity contribution in [2.45, 2.75) is 19.8 Å². The van der Waals surface area contributed by atoms with Gasteiger partial charge in [0.25, 0.3) is 11.8 Å². The second-order valence-corrected chi connectivity index (χ2v) is 6.73. The van der Waals surface area contributed by atoms with Crippen LogP contribution in [-0.2, 0) is 9.59 Å². The van der Waals surface area contributed by atoms with E-state index >= 15 is 0 Å². The Balaban J connectivity index is 1.57. The molecule has 6 nitrogen and oxygen atoms in total. The van der Waals surface area contributed by atoms with Crippen LogP contribution in [0.25, 0.3) is 0 Å². The van der Waals surface area contributed by atoms with Gasteiger partial charge >= 0.3 is 0 Å². The van der Waals surface area contributed by atoms with Crippen LogP contribution in [0.1, 0.15) is 25.3 Å². The summed E-state index contributed by atoms with van der Waals surface area (Å²) in [5.74, 6) is -0.209. The van der Waals surface area contributed by atoms with Crippen LogP contribution >= 0.6 is 0 Å². The highest BCUT2D eigenvalue weighted by molar-refractivity contribution is 6.06. The molecule has 1 heterocycles. The van der Waals surface area contributed by atoms with E-state index in [1.807, 2.05) is 6.92 Å². The molecule has 1 N–H and O–H groups in total. The van der Waals surface area contributed by atoms with Crippen LogP contribution in [0.15, 0.2) is 35.5 Å². The normalized spacial score (nSPS) is 30.4. The van der Waals surface area contributed by atoms with Gasteiger partial charge in [0.2, 0.25) is 0 Å². The van der Waals surface area contributed by atoms with Crippen LogP contribution in [0.2, 0.25) is 0 Å². The molecule has 130 valence electrons. The molecule has 0 aromatic heterocycles. The summed E-state index contributed by atoms with van der Waals surface area (Å²) in [6.07, 6.45) is 7.57. The number of benzene rings is 1. The highest BCUT2D eigenvalue weighted by Crippen LogP contribution is 2.49. The summed E-state index contributed by atoms with van der Waals surface area (Å²) in [6, 6.07) is 4.79. The van der Waals surface area contributed by atoms with Crippen molar-refractivity contribution in [1.29, 1.82) is 0 Å². The van der Waals surface area contributed by atoms with E-state index < -0.39 is 0 Å². The van der Waals surface area contributed by atoms with Gasteiger partial charge in [-0.25, -0.2) is 0 Å². The van der Waals surface area contributed by atoms with Crippen molar-refractivity contribution in [2.24, 2.45) is 28.8 Å². The standard InChI is InChI=1S/C19H20N2O4/c1-2-25-15-9-11(3-8-14(15)22)10-20-21-18(23)16-12-4-5-13(7-6-12)17(16)19(21)24/h3-5,8-10,12-13,16-17,22H,2,6-7H2,1H3/b20-10-/t12-,13-,16-,17-/m1/s1. The number of rotatable bonds is 4. The monoisotopic (exact) mass is 340 g/mol. The SMILES string of the molecule is CCOc1cc(/C=N\N2C(=O)[C@H]3[C@H](C2=O)[C@@H]2C=C[C@@H]3CC2)ccc1O. The quantitative estimate of drug-likeness (QED) is 0.518. The molecule has 25 heavy (non-hydrogen) atoms. The molecule has 0 spiro atoms. The van der Waals surface area contributed by atoms with E-state index in [9.17, 15) is 14.7 Å². The number of fused-ring (bicyclic) bond motifs is 1. The highest BCUT2D eigenvalue weighted by Gasteiger charge is 2.56. The van der Waals surface area contributed by atoms with Gasteiger partial charge in [-0.2, -0.15) is 10.1 Å². The van der Waals surface area contributed by atoms with Crippen LogP contribution < -0.4 is 4.74 Å². The van der Waals surface area contributed by atoms with E-state index in [4.69, 9.17) is 4.74 Å². The predicted molar refractivity (Wildman–Crippen MR) is 91.1 cm³/mol. The number of carbonyl (C=O) groups is 2. The van der Waals surface area contributed by atoms with Crippen molar-refractivity contribution in [3.8, 4) is 11.5 Å². The van der Waals surface area contributed by atoms with Crippen LogP contribution in [0.5, 0.6) is 11.5 Å². The van der Waals surface area contributed by atoms with Gasteiger partial charge < -0.3 is 9.84 Å². The maximum absolute atomic E-state index is 12.7. The summed E-state index contributed by atoms with van der Waals surface area (Å²) in [4.78, 5) is 25.4. The third-order valence-electron chi connectivity index (χ3n) is 5.34. The van der Waals surface area contributed by atoms with E-state index in [-0.39, 0.29) is 41.2 Å². The number of allylic oxidation sites excluding steroid dienone is 2. The lowest BCUT2D eigenvalue weighted by molar-refractivity contribution is -0.140. The summed E-state index contributed by atoms with van der Waals surface area (Å²) in [6.45, 7) is 2.25. The van der Waals surface area contributed by atoms with Crippen LogP contribution in [-0.4, -0.2) is 34.8 Å². The Morgan fingerprint density at radius 3 is 2.40 bits per heavy atom. The third-order valence-corrected chi connectivity index (χ3v) is 5.34. The van der Waals surface area contributed by atoms with Crippen molar-refractivity contribution in [3.05, 3.63) is 35.9 Å². The van der Waals surface area contributed by atoms with Gasteiger partial charge in [-0.3, -0.25) is 9.59 Å². The number of amides is 2. The summed E-state index contributed by atoms with van der Waals surface area (Å²) in [5.41, 5.74) is 0.651. The minimum absolute atomic E-state index is 0.0426. The van der Waals surface area contributed by atoms with E-state index in [0.717, 1.165) is 17.9 Å². The minimum Gasteiger partial charge on any atom is -0.504 e. The first kappa shape index (κ1) is 15.9. The number of hydrazone groups is 1. The molecular weight excluding hydrogens is 320 g/mol. The Labute approximate surface area is 145 Å². The lowest BCUT2D eigenvalue weighted by Crippen LogP contribution is -2.38. The topological polar surface area (TPSA) is 79.2 Å². The molecule has 5 rings (SSSR count). The Kier molecular flexibility index (Phi) is 3.82. The minimum atomic E-state index is -0.257. The van der Waals surface area contributed by atoms with Crippen molar-refractivity contribution in [3.63, 3.8) is 0 Å². The zero-order valence-electron chi connectivity index (χ0n) is 14.0. The van der Waals surface area contributed by atoms with Gasteiger partial charge in [0, 0.05) is 0 Å². The molecule has 1 aliphatic heterocycles. The van der Waals surface area contributed by atoms with Crippen LogP contribution in [0, 0.1) is 23.7 Å². The van der Waals surface area contributed by atoms with Crippen LogP contribution in [0.3, 0.4) is 0 Å². The molecule has 1 saturated carbocycles. The molecule has 2 amide bonds. The van der Waals surface area contributed by atoms with Crippen molar-refractivity contribution in [2.75, 3.05) is 6.61 Å². The van der Waals surface area contributed by atoms with Gasteiger partial charge in [0.05, 0.1) is 24.7 Å². The fraction of sp³-hybridized carbons (Fsp3) is 0.421. The fourth-order valence-corrected chi connectivity index (χ4v) is 4.18. The molecule has 2 fully saturated rings. The summed E-state index contributed by atoms with van der Waals surface area (Å²) in [7, 11) is 0. The molecular formula is C19H20N2O4. The molecule has 3 aliphatic carbocycles. The van der Waals surface area contributed by atoms with E-state index in [1.165, 1.54) is 12.3 Å². The molecule has 4 atom stereocenters. The average molecular weight is 340 g/mol. The predicted octanol–water partition coefficient (Wildman–Crippen LogP) is 2.32. The molecule has 1 saturated heterocycles. The molecule has 2 bridgehead atoms. The number of phenols is 1. The first-order chi connectivity index (χ1) is 12.1. The summed E-state index contributed by atoms with van der Waals surface area (Å²) >= 11 is 0. The van der Waals surface area contributed by atoms with Gasteiger partial charge in [0.1, 0.15) is 0 Å². The van der Waals surface area contributed by atoms with E-state index in [1.54, 1.807) is 12.1 Å². The second-order valence-electron chi connectivity index (χ2n) is 6.73. The smallest absolute Gasteiger partial charge is 0.254 e. The zero-order valence-corrected chi connectivity index (χ0v) is 14.0. The zero-order chi connectivity index (χ0) is 17.6. The largest absolute Gasteiger partial charge is 0.504 e. The Bertz CT molecular complexity index is 754. The van der Waals surface area contributed by atoms with E-state index in [2.05, 4.69) is 17.3 Å². The van der Waals surface area contributed by atoms with Gasteiger partial charge in [0.15, 0.2) is 11.5 Å². The number of imide groups is 1. The maximum atomic E-state index is 12.7. The van der Waals surface area contributed by atoms with Crippen molar-refractivity contribution in [1.82, 2.24) is 5.01 Å². The van der Waals surface area contributed by atoms with Crippen molar-refractivity contribution < 1.29 is 19.4 Å². The molecule has 0 unspecified atom stereocenters. The Morgan fingerprint density at radius 1 is 1.20 bits per heavy atom. The highest BCUT2D eigenvalue weighted by atomic mass is 16.5. The van der Waals surface area contributed by atoms with Gasteiger partial charge in [-0.1, -0.05) is 12.2 Å². The summed E-state index contributed by atoms with van der Waals surface area (Å²) < 4.78 is 5.34. The molecule has 0 radical (unpaired) electrons. The third kappa shape index (κ3) is 2.52. The fourth-order valence-electron chi connectivity index (χ4n) is 4.18. The Hall–Kier alpha value is -2.63. The van der Waals surface area contributed by atoms with Gasteiger partial charge in [-0.05, 0) is 55.4 Å². The second kappa shape index (κ2) is 6.02. The molecule has 4 aliphatic rings. The van der Waals surface area contributed by atoms with Crippen LogP contribution in [0.4, 0.5) is 0 Å². The number of phenolic OH excluding ortho intramolecular Hbond substituents is 1. The lowest BCUT2D eigenvalue weighted by Gasteiger charge is -2.37. The average Bonchev–Trinajstić information content (AvgIpc) is 2.90. The van der Waals surface area contributed by atoms with Gasteiger partial charge in [-0.15, -0.1) is 0 Å². The number of aromatic hydroxyl groups is 1. The first-order valence-corrected chi connectivity index (χ1v) is 8.66. The molecule has 1 aromatic carbocycles. The number of hydrogen-bond donors (Lipinski definition) is 1. The number of hydrogen-bond acceptors (Lipinski definition) is 5. The first-order valence-electron chi connectivity index (χ1n) is 8.66. The number of carbonyl (C=O) groups excluding carboxylic acids is 2. The van der Waals surface area contributed by atoms with E-state index in [0.29, 0.717) is 17.9 Å². The number of nitrogens with zero attached hydrogens (tertiary/aromatic N) is 2. The molecule has 6 heteroatoms. The van der Waals surface area contributed by atoms with Crippen molar-refractivity contribution >= 4 is 18.0 Å². The maximum Gasteiger partial charge on any atom is 0.254 e. The summed E-state index contributed by atoms with van der Waals surface area (Å²) in [5, 5.41) is 14.9. The molecule has 1 aromatic rings.